The van der Waals surface area contributed by atoms with Crippen molar-refractivity contribution >= 4 is 5.91 Å². The van der Waals surface area contributed by atoms with Gasteiger partial charge in [0.25, 0.3) is 0 Å². The highest BCUT2D eigenvalue weighted by atomic mass is 16.2. The van der Waals surface area contributed by atoms with Gasteiger partial charge in [-0.25, -0.2) is 0 Å². The van der Waals surface area contributed by atoms with Gasteiger partial charge in [0, 0.05) is 37.5 Å². The minimum absolute atomic E-state index is 0.109. The van der Waals surface area contributed by atoms with Crippen molar-refractivity contribution in [3.05, 3.63) is 29.6 Å². The van der Waals surface area contributed by atoms with E-state index in [1.54, 1.807) is 6.08 Å². The summed E-state index contributed by atoms with van der Waals surface area (Å²) >= 11 is 0. The molecule has 1 amide bonds. The van der Waals surface area contributed by atoms with Crippen molar-refractivity contribution < 1.29 is 4.79 Å². The van der Waals surface area contributed by atoms with Crippen molar-refractivity contribution in [1.82, 2.24) is 19.6 Å². The molecule has 0 aliphatic carbocycles. The van der Waals surface area contributed by atoms with Gasteiger partial charge in [-0.05, 0) is 33.9 Å². The molecule has 1 aromatic heterocycles. The number of aromatic nitrogens is 2. The molecule has 5 heteroatoms. The number of likely N-dealkylation sites (tertiary alicyclic amines) is 1. The maximum atomic E-state index is 12.3. The first-order valence-corrected chi connectivity index (χ1v) is 7.11. The molecule has 0 aromatic carbocycles. The normalized spacial score (nSPS) is 19.4. The molecule has 0 spiro atoms. The summed E-state index contributed by atoms with van der Waals surface area (Å²) in [5.74, 6) is 0.109. The zero-order chi connectivity index (χ0) is 14.7. The summed E-state index contributed by atoms with van der Waals surface area (Å²) in [6.07, 6.45) is 7.61. The zero-order valence-electron chi connectivity index (χ0n) is 12.8. The fourth-order valence-corrected chi connectivity index (χ4v) is 2.66. The molecule has 2 heterocycles. The van der Waals surface area contributed by atoms with Gasteiger partial charge in [0.05, 0.1) is 12.2 Å². The average molecular weight is 276 g/mol. The smallest absolute Gasteiger partial charge is 0.246 e. The number of hydrogen-bond acceptors (Lipinski definition) is 3. The van der Waals surface area contributed by atoms with Gasteiger partial charge in [-0.2, -0.15) is 5.10 Å². The lowest BCUT2D eigenvalue weighted by atomic mass is 10.1. The third-order valence-corrected chi connectivity index (χ3v) is 3.90. The van der Waals surface area contributed by atoms with E-state index >= 15 is 0 Å². The van der Waals surface area contributed by atoms with Gasteiger partial charge in [-0.1, -0.05) is 6.08 Å². The van der Waals surface area contributed by atoms with Crippen molar-refractivity contribution in [2.45, 2.75) is 25.8 Å². The first-order valence-electron chi connectivity index (χ1n) is 7.11. The second-order valence-electron chi connectivity index (χ2n) is 5.66. The number of amides is 1. The predicted octanol–water partition coefficient (Wildman–Crippen LogP) is 1.51. The van der Waals surface area contributed by atoms with Crippen molar-refractivity contribution in [1.29, 1.82) is 0 Å². The van der Waals surface area contributed by atoms with Crippen molar-refractivity contribution in [3.63, 3.8) is 0 Å². The number of likely N-dealkylation sites (N-methyl/N-ethyl adjacent to an activating group) is 1. The van der Waals surface area contributed by atoms with E-state index < -0.39 is 0 Å². The molecule has 0 bridgehead atoms. The van der Waals surface area contributed by atoms with E-state index in [-0.39, 0.29) is 11.9 Å². The largest absolute Gasteiger partial charge is 0.332 e. The second kappa shape index (κ2) is 6.22. The van der Waals surface area contributed by atoms with Crippen LogP contribution in [0.2, 0.25) is 0 Å². The van der Waals surface area contributed by atoms with Crippen LogP contribution in [0.5, 0.6) is 0 Å². The van der Waals surface area contributed by atoms with E-state index in [0.717, 1.165) is 31.6 Å². The lowest BCUT2D eigenvalue weighted by molar-refractivity contribution is -0.126. The van der Waals surface area contributed by atoms with Crippen LogP contribution in [-0.2, 0) is 11.8 Å². The van der Waals surface area contributed by atoms with Crippen LogP contribution in [0.3, 0.4) is 0 Å². The minimum atomic E-state index is 0.109. The number of carbonyl (C=O) groups is 1. The van der Waals surface area contributed by atoms with E-state index in [4.69, 9.17) is 0 Å². The Morgan fingerprint density at radius 1 is 1.55 bits per heavy atom. The molecule has 1 atom stereocenters. The first-order chi connectivity index (χ1) is 9.50. The molecule has 1 unspecified atom stereocenters. The van der Waals surface area contributed by atoms with Crippen LogP contribution in [0.25, 0.3) is 0 Å². The maximum Gasteiger partial charge on any atom is 0.246 e. The van der Waals surface area contributed by atoms with Gasteiger partial charge in [-0.15, -0.1) is 0 Å². The molecule has 1 saturated heterocycles. The van der Waals surface area contributed by atoms with E-state index in [1.807, 2.05) is 47.9 Å². The summed E-state index contributed by atoms with van der Waals surface area (Å²) in [5, 5.41) is 4.29. The lowest BCUT2D eigenvalue weighted by Gasteiger charge is -2.23. The summed E-state index contributed by atoms with van der Waals surface area (Å²) in [6.45, 7) is 3.69. The number of carbonyl (C=O) groups excluding carboxylic acids is 1. The Balaban J connectivity index is 2.09. The summed E-state index contributed by atoms with van der Waals surface area (Å²) < 4.78 is 1.87. The van der Waals surface area contributed by atoms with Crippen molar-refractivity contribution in [2.24, 2.45) is 7.05 Å². The van der Waals surface area contributed by atoms with Crippen LogP contribution in [0.1, 0.15) is 30.1 Å². The van der Waals surface area contributed by atoms with E-state index in [0.29, 0.717) is 0 Å². The van der Waals surface area contributed by atoms with Gasteiger partial charge < -0.3 is 9.80 Å². The Bertz CT molecular complexity index is 504. The fourth-order valence-electron chi connectivity index (χ4n) is 2.66. The quantitative estimate of drug-likeness (QED) is 0.783. The molecular weight excluding hydrogens is 252 g/mol. The van der Waals surface area contributed by atoms with Crippen LogP contribution in [0.15, 0.2) is 18.3 Å². The second-order valence-corrected chi connectivity index (χ2v) is 5.66. The van der Waals surface area contributed by atoms with Crippen LogP contribution in [-0.4, -0.2) is 52.7 Å². The summed E-state index contributed by atoms with van der Waals surface area (Å²) in [7, 11) is 5.93. The highest BCUT2D eigenvalue weighted by Crippen LogP contribution is 2.33. The molecule has 110 valence electrons. The van der Waals surface area contributed by atoms with Crippen LogP contribution >= 0.6 is 0 Å². The van der Waals surface area contributed by atoms with Gasteiger partial charge in [0.2, 0.25) is 5.91 Å². The molecule has 0 saturated carbocycles. The molecule has 1 aliphatic rings. The molecule has 1 aromatic rings. The summed E-state index contributed by atoms with van der Waals surface area (Å²) in [4.78, 5) is 16.3. The molecule has 0 N–H and O–H groups in total. The molecule has 1 fully saturated rings. The van der Waals surface area contributed by atoms with E-state index in [1.165, 1.54) is 5.56 Å². The van der Waals surface area contributed by atoms with Crippen LogP contribution in [0, 0.1) is 6.92 Å². The van der Waals surface area contributed by atoms with Crippen molar-refractivity contribution in [3.8, 4) is 0 Å². The third kappa shape index (κ3) is 3.10. The van der Waals surface area contributed by atoms with Crippen LogP contribution in [0.4, 0.5) is 0 Å². The number of nitrogens with zero attached hydrogens (tertiary/aromatic N) is 4. The van der Waals surface area contributed by atoms with E-state index in [9.17, 15) is 4.79 Å². The van der Waals surface area contributed by atoms with Gasteiger partial charge >= 0.3 is 0 Å². The Morgan fingerprint density at radius 3 is 2.90 bits per heavy atom. The highest BCUT2D eigenvalue weighted by Gasteiger charge is 2.30. The average Bonchev–Trinajstić information content (AvgIpc) is 2.97. The third-order valence-electron chi connectivity index (χ3n) is 3.90. The highest BCUT2D eigenvalue weighted by molar-refractivity contribution is 5.88. The van der Waals surface area contributed by atoms with Gasteiger partial charge in [0.15, 0.2) is 0 Å². The van der Waals surface area contributed by atoms with Crippen LogP contribution < -0.4 is 0 Å². The van der Waals surface area contributed by atoms with Crippen molar-refractivity contribution in [2.75, 3.05) is 27.2 Å². The molecule has 20 heavy (non-hydrogen) atoms. The number of rotatable bonds is 4. The lowest BCUT2D eigenvalue weighted by Crippen LogP contribution is -2.29. The summed E-state index contributed by atoms with van der Waals surface area (Å²) in [6, 6.07) is 0.181. The fraction of sp³-hybridized carbons (Fsp3) is 0.600. The summed E-state index contributed by atoms with van der Waals surface area (Å²) in [5.41, 5.74) is 2.33. The Morgan fingerprint density at radius 2 is 2.30 bits per heavy atom. The molecule has 1 aliphatic heterocycles. The maximum absolute atomic E-state index is 12.3. The Hall–Kier alpha value is -1.62. The zero-order valence-corrected chi connectivity index (χ0v) is 12.8. The molecule has 5 nitrogen and oxygen atoms in total. The number of aryl methyl sites for hydroxylation is 1. The first kappa shape index (κ1) is 14.8. The Kier molecular flexibility index (Phi) is 4.60. The SMILES string of the molecule is Cc1c(C2CCCN2C(=O)/C=C/CN(C)C)cnn1C. The standard InChI is InChI=1S/C15H24N4O/c1-12-13(11-16-18(12)4)14-7-5-10-19(14)15(20)8-6-9-17(2)3/h6,8,11,14H,5,7,9-10H2,1-4H3/b8-6+. The molecular formula is C15H24N4O. The molecule has 2 rings (SSSR count). The molecule has 0 radical (unpaired) electrons. The topological polar surface area (TPSA) is 41.4 Å². The predicted molar refractivity (Wildman–Crippen MR) is 79.3 cm³/mol. The van der Waals surface area contributed by atoms with E-state index in [2.05, 4.69) is 12.0 Å². The van der Waals surface area contributed by atoms with Gasteiger partial charge in [0.1, 0.15) is 0 Å². The minimum Gasteiger partial charge on any atom is -0.332 e. The Labute approximate surface area is 120 Å². The number of hydrogen-bond donors (Lipinski definition) is 0. The van der Waals surface area contributed by atoms with Gasteiger partial charge in [-0.3, -0.25) is 9.48 Å². The monoisotopic (exact) mass is 276 g/mol.